The Morgan fingerprint density at radius 3 is 2.55 bits per heavy atom. The third-order valence-corrected chi connectivity index (χ3v) is 5.70. The third kappa shape index (κ3) is 3.30. The molecule has 0 aromatic rings. The van der Waals surface area contributed by atoms with Crippen LogP contribution in [0.4, 0.5) is 0 Å². The highest BCUT2D eigenvalue weighted by Gasteiger charge is 2.40. The first-order valence-electron chi connectivity index (χ1n) is 8.21. The van der Waals surface area contributed by atoms with Crippen LogP contribution in [-0.4, -0.2) is 42.5 Å². The zero-order valence-electron chi connectivity index (χ0n) is 12.2. The predicted octanol–water partition coefficient (Wildman–Crippen LogP) is 3.06. The van der Waals surface area contributed by atoms with Crippen LogP contribution in [0.15, 0.2) is 0 Å². The number of halogens is 1. The van der Waals surface area contributed by atoms with E-state index in [9.17, 15) is 4.79 Å². The molecule has 3 fully saturated rings. The highest BCUT2D eigenvalue weighted by atomic mass is 35.5. The zero-order chi connectivity index (χ0) is 13.9. The topological polar surface area (TPSA) is 29.5 Å². The minimum atomic E-state index is 0.306. The third-order valence-electron chi connectivity index (χ3n) is 5.55. The molecule has 3 unspecified atom stereocenters. The molecular weight excluding hydrogens is 274 g/mol. The summed E-state index contributed by atoms with van der Waals surface area (Å²) in [6.07, 6.45) is 8.54. The van der Waals surface area contributed by atoms with Crippen LogP contribution in [0, 0.1) is 17.8 Å². The van der Waals surface area contributed by atoms with Gasteiger partial charge in [-0.1, -0.05) is 6.42 Å². The maximum atomic E-state index is 12.4. The number of carbonyl (C=O) groups excluding carboxylic acids is 1. The largest absolute Gasteiger partial charge is 0.377 e. The molecule has 1 amide bonds. The molecule has 0 spiro atoms. The van der Waals surface area contributed by atoms with Crippen LogP contribution in [0.3, 0.4) is 0 Å². The lowest BCUT2D eigenvalue weighted by Gasteiger charge is -2.33. The van der Waals surface area contributed by atoms with E-state index in [0.29, 0.717) is 30.4 Å². The SMILES string of the molecule is O=C(CC1CC2CCC1C2)N1CCC(OCCCl)CC1. The number of piperidine rings is 1. The number of alkyl halides is 1. The zero-order valence-corrected chi connectivity index (χ0v) is 13.0. The number of hydrogen-bond acceptors (Lipinski definition) is 2. The molecule has 1 heterocycles. The van der Waals surface area contributed by atoms with Gasteiger partial charge in [-0.25, -0.2) is 0 Å². The van der Waals surface area contributed by atoms with Crippen LogP contribution < -0.4 is 0 Å². The van der Waals surface area contributed by atoms with E-state index >= 15 is 0 Å². The van der Waals surface area contributed by atoms with Gasteiger partial charge in [0.1, 0.15) is 0 Å². The summed E-state index contributed by atoms with van der Waals surface area (Å²) < 4.78 is 5.66. The van der Waals surface area contributed by atoms with Gasteiger partial charge in [-0.15, -0.1) is 11.6 Å². The van der Waals surface area contributed by atoms with Crippen molar-refractivity contribution in [2.75, 3.05) is 25.6 Å². The maximum absolute atomic E-state index is 12.4. The first-order valence-corrected chi connectivity index (χ1v) is 8.75. The Bertz CT molecular complexity index is 341. The number of rotatable bonds is 5. The Morgan fingerprint density at radius 2 is 1.95 bits per heavy atom. The van der Waals surface area contributed by atoms with Gasteiger partial charge in [-0.3, -0.25) is 4.79 Å². The number of ether oxygens (including phenoxy) is 1. The molecule has 0 aromatic heterocycles. The van der Waals surface area contributed by atoms with Gasteiger partial charge < -0.3 is 9.64 Å². The van der Waals surface area contributed by atoms with Gasteiger partial charge in [0.15, 0.2) is 0 Å². The van der Waals surface area contributed by atoms with Gasteiger partial charge >= 0.3 is 0 Å². The van der Waals surface area contributed by atoms with Crippen molar-refractivity contribution in [2.24, 2.45) is 17.8 Å². The van der Waals surface area contributed by atoms with Gasteiger partial charge in [0.2, 0.25) is 5.91 Å². The summed E-state index contributed by atoms with van der Waals surface area (Å²) in [6, 6.07) is 0. The number of amides is 1. The van der Waals surface area contributed by atoms with Gasteiger partial charge in [-0.2, -0.15) is 0 Å². The van der Waals surface area contributed by atoms with Gasteiger partial charge in [0.05, 0.1) is 12.7 Å². The van der Waals surface area contributed by atoms with Crippen LogP contribution in [0.1, 0.15) is 44.9 Å². The van der Waals surface area contributed by atoms with Crippen molar-refractivity contribution < 1.29 is 9.53 Å². The lowest BCUT2D eigenvalue weighted by atomic mass is 9.86. The number of carbonyl (C=O) groups is 1. The highest BCUT2D eigenvalue weighted by molar-refractivity contribution is 6.17. The van der Waals surface area contributed by atoms with E-state index in [-0.39, 0.29) is 0 Å². The van der Waals surface area contributed by atoms with Gasteiger partial charge in [0, 0.05) is 25.4 Å². The van der Waals surface area contributed by atoms with E-state index < -0.39 is 0 Å². The Hall–Kier alpha value is -0.280. The number of fused-ring (bicyclic) bond motifs is 2. The highest BCUT2D eigenvalue weighted by Crippen LogP contribution is 2.49. The lowest BCUT2D eigenvalue weighted by molar-refractivity contribution is -0.135. The fourth-order valence-electron chi connectivity index (χ4n) is 4.46. The molecule has 2 aliphatic carbocycles. The van der Waals surface area contributed by atoms with Crippen LogP contribution in [0.25, 0.3) is 0 Å². The Balaban J connectivity index is 1.40. The smallest absolute Gasteiger partial charge is 0.222 e. The summed E-state index contributed by atoms with van der Waals surface area (Å²) in [5.74, 6) is 3.43. The molecule has 0 N–H and O–H groups in total. The summed E-state index contributed by atoms with van der Waals surface area (Å²) in [4.78, 5) is 14.5. The molecule has 1 saturated heterocycles. The van der Waals surface area contributed by atoms with Crippen molar-refractivity contribution >= 4 is 17.5 Å². The minimum Gasteiger partial charge on any atom is -0.377 e. The summed E-state index contributed by atoms with van der Waals surface area (Å²) >= 11 is 5.64. The monoisotopic (exact) mass is 299 g/mol. The minimum absolute atomic E-state index is 0.306. The molecule has 2 saturated carbocycles. The summed E-state index contributed by atoms with van der Waals surface area (Å²) in [7, 11) is 0. The van der Waals surface area contributed by atoms with Gasteiger partial charge in [-0.05, 0) is 49.9 Å². The Morgan fingerprint density at radius 1 is 1.15 bits per heavy atom. The molecule has 20 heavy (non-hydrogen) atoms. The summed E-state index contributed by atoms with van der Waals surface area (Å²) in [6.45, 7) is 2.37. The average Bonchev–Trinajstić information content (AvgIpc) is 3.08. The molecule has 0 aromatic carbocycles. The summed E-state index contributed by atoms with van der Waals surface area (Å²) in [5, 5.41) is 0. The van der Waals surface area contributed by atoms with Crippen molar-refractivity contribution in [2.45, 2.75) is 51.0 Å². The standard InChI is InChI=1S/C16H26ClNO2/c17-5-8-20-15-3-6-18(7-4-15)16(19)11-14-10-12-1-2-13(14)9-12/h12-15H,1-11H2. The molecule has 2 bridgehead atoms. The van der Waals surface area contributed by atoms with E-state index in [2.05, 4.69) is 4.90 Å². The fourth-order valence-corrected chi connectivity index (χ4v) is 4.55. The number of nitrogens with zero attached hydrogens (tertiary/aromatic N) is 1. The van der Waals surface area contributed by atoms with Crippen LogP contribution >= 0.6 is 11.6 Å². The van der Waals surface area contributed by atoms with Crippen LogP contribution in [0.2, 0.25) is 0 Å². The van der Waals surface area contributed by atoms with Crippen molar-refractivity contribution in [3.63, 3.8) is 0 Å². The average molecular weight is 300 g/mol. The molecular formula is C16H26ClNO2. The maximum Gasteiger partial charge on any atom is 0.222 e. The molecule has 0 radical (unpaired) electrons. The second kappa shape index (κ2) is 6.65. The van der Waals surface area contributed by atoms with E-state index in [0.717, 1.165) is 44.2 Å². The fraction of sp³-hybridized carbons (Fsp3) is 0.938. The molecule has 3 nitrogen and oxygen atoms in total. The van der Waals surface area contributed by atoms with Crippen molar-refractivity contribution in [1.29, 1.82) is 0 Å². The molecule has 3 aliphatic rings. The molecule has 3 atom stereocenters. The first-order chi connectivity index (χ1) is 9.76. The van der Waals surface area contributed by atoms with E-state index in [1.807, 2.05) is 0 Å². The second-order valence-electron chi connectivity index (χ2n) is 6.78. The van der Waals surface area contributed by atoms with Crippen LogP contribution in [-0.2, 0) is 9.53 Å². The van der Waals surface area contributed by atoms with E-state index in [4.69, 9.17) is 16.3 Å². The molecule has 114 valence electrons. The van der Waals surface area contributed by atoms with Crippen molar-refractivity contribution in [1.82, 2.24) is 4.90 Å². The normalized spacial score (nSPS) is 33.9. The Kier molecular flexibility index (Phi) is 4.87. The second-order valence-corrected chi connectivity index (χ2v) is 7.16. The van der Waals surface area contributed by atoms with Crippen molar-refractivity contribution in [3.8, 4) is 0 Å². The van der Waals surface area contributed by atoms with Crippen LogP contribution in [0.5, 0.6) is 0 Å². The van der Waals surface area contributed by atoms with Gasteiger partial charge in [0.25, 0.3) is 0 Å². The van der Waals surface area contributed by atoms with E-state index in [1.54, 1.807) is 0 Å². The molecule has 1 aliphatic heterocycles. The number of hydrogen-bond donors (Lipinski definition) is 0. The summed E-state index contributed by atoms with van der Waals surface area (Å²) in [5.41, 5.74) is 0. The van der Waals surface area contributed by atoms with E-state index in [1.165, 1.54) is 25.7 Å². The van der Waals surface area contributed by atoms with Crippen molar-refractivity contribution in [3.05, 3.63) is 0 Å². The first kappa shape index (κ1) is 14.6. The predicted molar refractivity (Wildman–Crippen MR) is 79.8 cm³/mol. The Labute approximate surface area is 127 Å². The lowest BCUT2D eigenvalue weighted by Crippen LogP contribution is -2.41. The quantitative estimate of drug-likeness (QED) is 0.730. The molecule has 3 rings (SSSR count). The molecule has 4 heteroatoms. The number of likely N-dealkylation sites (tertiary alicyclic amines) is 1.